The number of hydrogen-bond donors (Lipinski definition) is 2. The molecule has 0 spiro atoms. The van der Waals surface area contributed by atoms with Crippen LogP contribution >= 0.6 is 11.8 Å². The molecule has 3 aromatic rings. The number of nitrogens with zero attached hydrogens (tertiary/aromatic N) is 5. The second-order valence-corrected chi connectivity index (χ2v) is 10.9. The van der Waals surface area contributed by atoms with Crippen molar-refractivity contribution < 1.29 is 0 Å². The molecule has 0 atom stereocenters. The topological polar surface area (TPSA) is 88.7 Å². The predicted molar refractivity (Wildman–Crippen MR) is 156 cm³/mol. The molecule has 1 aliphatic heterocycles. The maximum Gasteiger partial charge on any atom is 0.0651 e. The molecule has 194 valence electrons. The highest BCUT2D eigenvalue weighted by atomic mass is 32.2. The van der Waals surface area contributed by atoms with Gasteiger partial charge in [0.1, 0.15) is 0 Å². The van der Waals surface area contributed by atoms with Crippen LogP contribution < -0.4 is 11.6 Å². The molecule has 8 heteroatoms. The molecule has 37 heavy (non-hydrogen) atoms. The number of nitrogens with two attached hydrogens (primary N) is 2. The molecule has 1 aromatic heterocycles. The average Bonchev–Trinajstić information content (AvgIpc) is 3.41. The average molecular weight is 516 g/mol. The molecule has 2 aromatic carbocycles. The lowest BCUT2D eigenvalue weighted by molar-refractivity contribution is 0.300. The molecule has 2 heterocycles. The van der Waals surface area contributed by atoms with Gasteiger partial charge in [0.2, 0.25) is 0 Å². The Kier molecular flexibility index (Phi) is 8.87. The molecule has 0 radical (unpaired) electrons. The van der Waals surface area contributed by atoms with Gasteiger partial charge in [0.05, 0.1) is 11.4 Å². The first kappa shape index (κ1) is 26.7. The van der Waals surface area contributed by atoms with E-state index in [2.05, 4.69) is 72.0 Å². The van der Waals surface area contributed by atoms with E-state index in [9.17, 15) is 0 Å². The Morgan fingerprint density at radius 1 is 1.24 bits per heavy atom. The van der Waals surface area contributed by atoms with Gasteiger partial charge in [0.25, 0.3) is 0 Å². The first-order valence-corrected chi connectivity index (χ1v) is 13.5. The summed E-state index contributed by atoms with van der Waals surface area (Å²) in [6.45, 7) is 10.1. The van der Waals surface area contributed by atoms with Crippen molar-refractivity contribution in [2.24, 2.45) is 16.6 Å². The molecule has 0 unspecified atom stereocenters. The van der Waals surface area contributed by atoms with E-state index in [4.69, 9.17) is 11.6 Å². The lowest BCUT2D eigenvalue weighted by atomic mass is 9.97. The molecule has 0 aliphatic carbocycles. The monoisotopic (exact) mass is 515 g/mol. The Morgan fingerprint density at radius 2 is 2.08 bits per heavy atom. The first-order valence-electron chi connectivity index (χ1n) is 12.5. The summed E-state index contributed by atoms with van der Waals surface area (Å²) >= 11 is 1.83. The quantitative estimate of drug-likeness (QED) is 0.227. The van der Waals surface area contributed by atoms with Crippen LogP contribution in [0.5, 0.6) is 0 Å². The SMILES string of the molecule is C=N/C=C(/Cc1cc(C(C)C)cc(-n2cccn2)c1)SCN1CCc2ccc(/C(N)=C/N(C)N)cc2C1. The molecule has 0 fully saturated rings. The van der Waals surface area contributed by atoms with Gasteiger partial charge in [0, 0.05) is 62.1 Å². The minimum absolute atomic E-state index is 0.430. The van der Waals surface area contributed by atoms with Crippen LogP contribution in [0, 0.1) is 0 Å². The van der Waals surface area contributed by atoms with Crippen LogP contribution in [0.25, 0.3) is 11.4 Å². The fourth-order valence-electron chi connectivity index (χ4n) is 4.50. The second kappa shape index (κ2) is 12.3. The number of hydrazine groups is 1. The van der Waals surface area contributed by atoms with Crippen molar-refractivity contribution in [2.75, 3.05) is 19.5 Å². The van der Waals surface area contributed by atoms with E-state index in [0.717, 1.165) is 43.1 Å². The Morgan fingerprint density at radius 3 is 2.78 bits per heavy atom. The molecule has 4 N–H and O–H groups in total. The summed E-state index contributed by atoms with van der Waals surface area (Å²) in [5.41, 5.74) is 14.2. The van der Waals surface area contributed by atoms with Gasteiger partial charge < -0.3 is 10.7 Å². The van der Waals surface area contributed by atoms with Gasteiger partial charge in [-0.2, -0.15) is 5.10 Å². The molecule has 0 saturated carbocycles. The Labute approximate surface area is 224 Å². The van der Waals surface area contributed by atoms with Crippen LogP contribution in [-0.4, -0.2) is 45.9 Å². The van der Waals surface area contributed by atoms with Crippen LogP contribution in [0.15, 0.2) is 77.2 Å². The molecule has 1 aliphatic rings. The van der Waals surface area contributed by atoms with Crippen LogP contribution in [0.2, 0.25) is 0 Å². The van der Waals surface area contributed by atoms with Crippen molar-refractivity contribution in [1.29, 1.82) is 0 Å². The number of thioether (sulfide) groups is 1. The smallest absolute Gasteiger partial charge is 0.0651 e. The first-order chi connectivity index (χ1) is 17.8. The van der Waals surface area contributed by atoms with Crippen molar-refractivity contribution in [3.05, 3.63) is 100.0 Å². The summed E-state index contributed by atoms with van der Waals surface area (Å²) < 4.78 is 1.92. The highest BCUT2D eigenvalue weighted by molar-refractivity contribution is 8.03. The third-order valence-electron chi connectivity index (χ3n) is 6.46. The summed E-state index contributed by atoms with van der Waals surface area (Å²) in [4.78, 5) is 7.78. The van der Waals surface area contributed by atoms with Gasteiger partial charge in [-0.25, -0.2) is 10.5 Å². The number of rotatable bonds is 10. The zero-order valence-corrected chi connectivity index (χ0v) is 22.8. The van der Waals surface area contributed by atoms with Gasteiger partial charge in [-0.3, -0.25) is 9.89 Å². The minimum atomic E-state index is 0.430. The second-order valence-electron chi connectivity index (χ2n) is 9.80. The fraction of sp³-hybridized carbons (Fsp3) is 0.310. The number of hydrogen-bond acceptors (Lipinski definition) is 7. The van der Waals surface area contributed by atoms with E-state index in [1.807, 2.05) is 41.1 Å². The maximum absolute atomic E-state index is 6.23. The summed E-state index contributed by atoms with van der Waals surface area (Å²) in [6.07, 6.45) is 9.26. The predicted octanol–water partition coefficient (Wildman–Crippen LogP) is 4.89. The van der Waals surface area contributed by atoms with Crippen LogP contribution in [0.1, 0.15) is 47.6 Å². The Bertz CT molecular complexity index is 1280. The van der Waals surface area contributed by atoms with E-state index < -0.39 is 0 Å². The van der Waals surface area contributed by atoms with Gasteiger partial charge in [-0.1, -0.05) is 32.0 Å². The van der Waals surface area contributed by atoms with Crippen molar-refractivity contribution >= 4 is 24.2 Å². The fourth-order valence-corrected chi connectivity index (χ4v) is 5.49. The standard InChI is InChI=1S/C29H37N7S/c1-21(2)25-12-22(13-27(16-25)36-10-5-9-33-36)14-28(17-32-3)37-20-35-11-8-23-6-7-24(15-26(23)18-35)29(30)19-34(4)31/h5-7,9-10,12-13,15-17,19,21H,3,8,11,14,18,20,30-31H2,1-2,4H3/b28-17-,29-19-. The number of allylic oxidation sites excluding steroid dienone is 1. The van der Waals surface area contributed by atoms with Gasteiger partial charge in [-0.15, -0.1) is 11.8 Å². The third-order valence-corrected chi connectivity index (χ3v) is 7.57. The highest BCUT2D eigenvalue weighted by Gasteiger charge is 2.18. The Hall–Kier alpha value is -3.33. The number of fused-ring (bicyclic) bond motifs is 1. The van der Waals surface area contributed by atoms with Crippen LogP contribution in [0.4, 0.5) is 0 Å². The molecular weight excluding hydrogens is 478 g/mol. The van der Waals surface area contributed by atoms with Crippen molar-refractivity contribution in [2.45, 2.75) is 39.2 Å². The van der Waals surface area contributed by atoms with Gasteiger partial charge in [-0.05, 0) is 71.1 Å². The van der Waals surface area contributed by atoms with Crippen LogP contribution in [0.3, 0.4) is 0 Å². The zero-order valence-electron chi connectivity index (χ0n) is 22.0. The molecule has 0 amide bonds. The lowest BCUT2D eigenvalue weighted by Crippen LogP contribution is -2.30. The van der Waals surface area contributed by atoms with E-state index in [0.29, 0.717) is 11.6 Å². The molecule has 4 rings (SSSR count). The summed E-state index contributed by atoms with van der Waals surface area (Å²) in [5, 5.41) is 5.91. The summed E-state index contributed by atoms with van der Waals surface area (Å²) in [5.74, 6) is 7.05. The molecule has 0 saturated heterocycles. The highest BCUT2D eigenvalue weighted by Crippen LogP contribution is 2.29. The zero-order chi connectivity index (χ0) is 26.4. The maximum atomic E-state index is 6.23. The molecular formula is C29H37N7S. The van der Waals surface area contributed by atoms with Gasteiger partial charge >= 0.3 is 0 Å². The van der Waals surface area contributed by atoms with E-state index in [-0.39, 0.29) is 0 Å². The largest absolute Gasteiger partial charge is 0.397 e. The molecule has 7 nitrogen and oxygen atoms in total. The van der Waals surface area contributed by atoms with E-state index >= 15 is 0 Å². The van der Waals surface area contributed by atoms with Crippen LogP contribution in [-0.2, 0) is 19.4 Å². The minimum Gasteiger partial charge on any atom is -0.397 e. The number of benzene rings is 2. The van der Waals surface area contributed by atoms with Crippen molar-refractivity contribution in [1.82, 2.24) is 19.7 Å². The van der Waals surface area contributed by atoms with Crippen molar-refractivity contribution in [3.8, 4) is 5.69 Å². The van der Waals surface area contributed by atoms with E-state index in [1.165, 1.54) is 32.2 Å². The number of aliphatic imine (C=N–C) groups is 1. The third kappa shape index (κ3) is 7.13. The van der Waals surface area contributed by atoms with E-state index in [1.54, 1.807) is 13.2 Å². The lowest BCUT2D eigenvalue weighted by Gasteiger charge is -2.29. The number of aromatic nitrogens is 2. The summed E-state index contributed by atoms with van der Waals surface area (Å²) in [7, 11) is 1.77. The van der Waals surface area contributed by atoms with Gasteiger partial charge in [0.15, 0.2) is 0 Å². The van der Waals surface area contributed by atoms with Crippen molar-refractivity contribution in [3.63, 3.8) is 0 Å². The summed E-state index contributed by atoms with van der Waals surface area (Å²) in [6, 6.07) is 15.1. The Balaban J connectivity index is 1.46. The molecule has 0 bridgehead atoms. The normalized spacial score (nSPS) is 14.6.